The Bertz CT molecular complexity index is 647. The van der Waals surface area contributed by atoms with Gasteiger partial charge in [0.05, 0.1) is 6.61 Å². The number of imide groups is 1. The SMILES string of the molecule is O.O=C1CCN([C@@H]2O[C@H](COP(=O)([O-])OP(=O)([O-])O)[C@@H](O)[C@H]2O)C(=O)N1.[Na+].[Na+]. The van der Waals surface area contributed by atoms with E-state index in [2.05, 4.69) is 8.83 Å². The van der Waals surface area contributed by atoms with Crippen LogP contribution in [0.5, 0.6) is 0 Å². The molecule has 3 amide bonds. The maximum atomic E-state index is 11.7. The number of aliphatic hydroxyl groups is 2. The van der Waals surface area contributed by atoms with Crippen molar-refractivity contribution in [2.24, 2.45) is 0 Å². The fraction of sp³-hybridized carbons (Fsp3) is 0.778. The Kier molecular flexibility index (Phi) is 13.6. The van der Waals surface area contributed by atoms with Crippen molar-refractivity contribution in [1.29, 1.82) is 0 Å². The molecule has 15 nitrogen and oxygen atoms in total. The molecule has 2 unspecified atom stereocenters. The first-order chi connectivity index (χ1) is 11.4. The molecule has 0 aromatic carbocycles. The molecule has 0 bridgehead atoms. The van der Waals surface area contributed by atoms with Crippen LogP contribution >= 0.6 is 15.6 Å². The van der Waals surface area contributed by atoms with Crippen LogP contribution in [-0.2, 0) is 27.5 Å². The smallest absolute Gasteiger partial charge is 0.756 e. The molecule has 2 heterocycles. The Hall–Kier alpha value is 1.04. The average molecular weight is 468 g/mol. The minimum Gasteiger partial charge on any atom is -0.756 e. The second kappa shape index (κ2) is 12.2. The molecule has 2 fully saturated rings. The normalized spacial score (nSPS) is 31.4. The van der Waals surface area contributed by atoms with Crippen molar-refractivity contribution in [3.8, 4) is 0 Å². The van der Waals surface area contributed by atoms with E-state index in [0.29, 0.717) is 0 Å². The summed E-state index contributed by atoms with van der Waals surface area (Å²) in [6, 6.07) is -0.875. The van der Waals surface area contributed by atoms with E-state index in [0.717, 1.165) is 4.90 Å². The molecule has 2 saturated heterocycles. The van der Waals surface area contributed by atoms with Gasteiger partial charge in [-0.1, -0.05) is 0 Å². The van der Waals surface area contributed by atoms with Gasteiger partial charge < -0.3 is 39.6 Å². The summed E-state index contributed by atoms with van der Waals surface area (Å²) in [5, 5.41) is 21.8. The number of nitrogens with one attached hydrogen (secondary N) is 1. The Morgan fingerprint density at radius 3 is 2.29 bits per heavy atom. The molecule has 0 radical (unpaired) electrons. The predicted molar refractivity (Wildman–Crippen MR) is 73.6 cm³/mol. The predicted octanol–water partition coefficient (Wildman–Crippen LogP) is -10.5. The summed E-state index contributed by atoms with van der Waals surface area (Å²) in [5.74, 6) is -0.537. The molecule has 0 spiro atoms. The van der Waals surface area contributed by atoms with Gasteiger partial charge in [0, 0.05) is 13.0 Å². The van der Waals surface area contributed by atoms with Gasteiger partial charge in [-0.05, 0) is 0 Å². The summed E-state index contributed by atoms with van der Waals surface area (Å²) in [4.78, 5) is 53.6. The van der Waals surface area contributed by atoms with E-state index >= 15 is 0 Å². The van der Waals surface area contributed by atoms with Gasteiger partial charge in [0.25, 0.3) is 15.6 Å². The van der Waals surface area contributed by atoms with Crippen LogP contribution in [0.4, 0.5) is 4.79 Å². The van der Waals surface area contributed by atoms with E-state index in [4.69, 9.17) is 9.63 Å². The van der Waals surface area contributed by atoms with Gasteiger partial charge in [-0.3, -0.25) is 24.1 Å². The molecule has 0 aromatic heterocycles. The molecule has 2 aliphatic heterocycles. The third kappa shape index (κ3) is 8.65. The van der Waals surface area contributed by atoms with Gasteiger partial charge >= 0.3 is 65.1 Å². The van der Waals surface area contributed by atoms with Crippen molar-refractivity contribution in [1.82, 2.24) is 10.2 Å². The summed E-state index contributed by atoms with van der Waals surface area (Å²) in [5.41, 5.74) is 0. The second-order valence-electron chi connectivity index (χ2n) is 5.14. The number of ether oxygens (including phenoxy) is 1. The zero-order chi connectivity index (χ0) is 19.0. The number of nitrogens with zero attached hydrogens (tertiary/aromatic N) is 1. The number of hydrogen-bond acceptors (Lipinski definition) is 11. The molecule has 6 atom stereocenters. The van der Waals surface area contributed by atoms with E-state index in [1.54, 1.807) is 0 Å². The van der Waals surface area contributed by atoms with Gasteiger partial charge in [0.2, 0.25) is 5.91 Å². The van der Waals surface area contributed by atoms with Crippen LogP contribution in [0.25, 0.3) is 0 Å². The van der Waals surface area contributed by atoms with Crippen molar-refractivity contribution in [3.05, 3.63) is 0 Å². The Morgan fingerprint density at radius 2 is 1.79 bits per heavy atom. The summed E-state index contributed by atoms with van der Waals surface area (Å²) in [6.07, 6.45) is -6.28. The number of hydrogen-bond donors (Lipinski definition) is 4. The third-order valence-electron chi connectivity index (χ3n) is 3.33. The first-order valence-corrected chi connectivity index (χ1v) is 9.68. The molecule has 0 saturated carbocycles. The van der Waals surface area contributed by atoms with E-state index < -0.39 is 58.7 Å². The fourth-order valence-electron chi connectivity index (χ4n) is 2.26. The molecule has 0 aliphatic carbocycles. The van der Waals surface area contributed by atoms with E-state index in [1.807, 2.05) is 5.32 Å². The third-order valence-corrected chi connectivity index (χ3v) is 5.42. The maximum Gasteiger partial charge on any atom is 1.00 e. The van der Waals surface area contributed by atoms with Crippen molar-refractivity contribution < 1.29 is 122 Å². The first-order valence-electron chi connectivity index (χ1n) is 6.72. The number of carbonyl (C=O) groups is 2. The molecule has 19 heteroatoms. The maximum absolute atomic E-state index is 11.7. The Morgan fingerprint density at radius 1 is 1.21 bits per heavy atom. The van der Waals surface area contributed by atoms with Gasteiger partial charge in [-0.2, -0.15) is 0 Å². The van der Waals surface area contributed by atoms with Crippen molar-refractivity contribution in [3.63, 3.8) is 0 Å². The van der Waals surface area contributed by atoms with Crippen LogP contribution in [0.1, 0.15) is 6.42 Å². The van der Waals surface area contributed by atoms with Crippen LogP contribution < -0.4 is 74.2 Å². The number of aliphatic hydroxyl groups excluding tert-OH is 2. The Balaban J connectivity index is 0. The van der Waals surface area contributed by atoms with Crippen LogP contribution in [-0.4, -0.2) is 75.1 Å². The second-order valence-corrected chi connectivity index (χ2v) is 7.88. The molecule has 2 aliphatic rings. The minimum absolute atomic E-state index is 0. The molecule has 6 N–H and O–H groups in total. The number of urea groups is 1. The molecular weight excluding hydrogens is 452 g/mol. The van der Waals surface area contributed by atoms with E-state index in [1.165, 1.54) is 0 Å². The molecular formula is C9H16N2Na2O13P2. The average Bonchev–Trinajstić information content (AvgIpc) is 2.71. The largest absolute Gasteiger partial charge is 1.00 e. The van der Waals surface area contributed by atoms with Gasteiger partial charge in [0.1, 0.15) is 18.3 Å². The van der Waals surface area contributed by atoms with Crippen molar-refractivity contribution in [2.45, 2.75) is 31.0 Å². The summed E-state index contributed by atoms with van der Waals surface area (Å²) >= 11 is 0. The van der Waals surface area contributed by atoms with Crippen molar-refractivity contribution >= 4 is 27.6 Å². The van der Waals surface area contributed by atoms with Gasteiger partial charge in [-0.25, -0.2) is 9.11 Å². The van der Waals surface area contributed by atoms with Gasteiger partial charge in [0.15, 0.2) is 6.23 Å². The number of rotatable bonds is 6. The van der Waals surface area contributed by atoms with Crippen molar-refractivity contribution in [2.75, 3.05) is 13.2 Å². The quantitative estimate of drug-likeness (QED) is 0.209. The van der Waals surface area contributed by atoms with Crippen LogP contribution in [0.15, 0.2) is 0 Å². The summed E-state index contributed by atoms with van der Waals surface area (Å²) in [7, 11) is -11.1. The monoisotopic (exact) mass is 468 g/mol. The van der Waals surface area contributed by atoms with Crippen LogP contribution in [0, 0.1) is 0 Å². The first kappa shape index (κ1) is 31.2. The zero-order valence-electron chi connectivity index (χ0n) is 14.8. The molecule has 152 valence electrons. The fourth-order valence-corrected chi connectivity index (χ4v) is 3.79. The summed E-state index contributed by atoms with van der Waals surface area (Å²) < 4.78 is 34.3. The minimum atomic E-state index is -5.62. The number of amides is 3. The van der Waals surface area contributed by atoms with Gasteiger partial charge in [-0.15, -0.1) is 0 Å². The summed E-state index contributed by atoms with van der Waals surface area (Å²) in [6.45, 7) is -1.08. The number of phosphoric acid groups is 2. The van der Waals surface area contributed by atoms with Crippen LogP contribution in [0.2, 0.25) is 0 Å². The van der Waals surface area contributed by atoms with E-state index in [9.17, 15) is 38.7 Å². The molecule has 0 aromatic rings. The zero-order valence-corrected chi connectivity index (χ0v) is 20.6. The number of carbonyl (C=O) groups excluding carboxylic acids is 2. The molecule has 28 heavy (non-hydrogen) atoms. The number of phosphoric ester groups is 1. The van der Waals surface area contributed by atoms with Crippen LogP contribution in [0.3, 0.4) is 0 Å². The standard InChI is InChI=1S/C9H16N2O12P2.2Na.H2O/c12-5-1-2-11(9(15)10-5)8-7(14)6(13)4(22-8)3-21-25(19,20)23-24(16,17)18;;;/h4,6-8,13-14H,1-3H2,(H,19,20)(H,10,12,15)(H2,16,17,18);;;1H2/q;2*+1;/p-2/t4-,6-,7-,8-;;;/m1.../s1. The topological polar surface area (TPSA) is 250 Å². The van der Waals surface area contributed by atoms with E-state index in [-0.39, 0.29) is 77.6 Å². The molecule has 2 rings (SSSR count). The Labute approximate surface area is 202 Å².